The molecule has 1 saturated heterocycles. The highest BCUT2D eigenvalue weighted by Gasteiger charge is 2.25. The summed E-state index contributed by atoms with van der Waals surface area (Å²) in [5, 5.41) is 8.73. The van der Waals surface area contributed by atoms with Gasteiger partial charge in [0.05, 0.1) is 6.61 Å². The molecule has 30 heavy (non-hydrogen) atoms. The number of guanidine groups is 1. The predicted octanol–water partition coefficient (Wildman–Crippen LogP) is 2.70. The van der Waals surface area contributed by atoms with Crippen LogP contribution in [-0.4, -0.2) is 55.5 Å². The van der Waals surface area contributed by atoms with Crippen molar-refractivity contribution < 1.29 is 14.3 Å². The number of hydrogen-bond acceptors (Lipinski definition) is 4. The van der Waals surface area contributed by atoms with Gasteiger partial charge in [0.25, 0.3) is 0 Å². The van der Waals surface area contributed by atoms with Crippen LogP contribution in [0.1, 0.15) is 32.6 Å². The maximum absolute atomic E-state index is 11.9. The minimum atomic E-state index is -0.0826. The molecule has 2 aromatic rings. The molecule has 0 aromatic heterocycles. The molecule has 0 unspecified atom stereocenters. The van der Waals surface area contributed by atoms with Crippen LogP contribution in [0.3, 0.4) is 0 Å². The van der Waals surface area contributed by atoms with Crippen molar-refractivity contribution in [3.8, 4) is 5.75 Å². The van der Waals surface area contributed by atoms with E-state index in [9.17, 15) is 9.59 Å². The molecule has 0 spiro atoms. The second kappa shape index (κ2) is 11.2. The molecule has 2 aromatic carbocycles. The third-order valence-electron chi connectivity index (χ3n) is 4.92. The number of piperidine rings is 1. The van der Waals surface area contributed by atoms with E-state index >= 15 is 0 Å². The first-order chi connectivity index (χ1) is 14.7. The van der Waals surface area contributed by atoms with Crippen LogP contribution in [0.15, 0.2) is 47.5 Å². The zero-order valence-electron chi connectivity index (χ0n) is 17.5. The number of aliphatic imine (C=N–C) groups is 1. The van der Waals surface area contributed by atoms with Crippen molar-refractivity contribution in [2.45, 2.75) is 32.6 Å². The monoisotopic (exact) mass is 410 g/mol. The van der Waals surface area contributed by atoms with Gasteiger partial charge in [0.2, 0.25) is 11.8 Å². The number of rotatable bonds is 9. The van der Waals surface area contributed by atoms with Crippen molar-refractivity contribution in [3.63, 3.8) is 0 Å². The lowest BCUT2D eigenvalue weighted by atomic mass is 10.1. The van der Waals surface area contributed by atoms with Gasteiger partial charge in [0.1, 0.15) is 5.75 Å². The average Bonchev–Trinajstić information content (AvgIpc) is 2.75. The maximum Gasteiger partial charge on any atom is 0.229 e. The summed E-state index contributed by atoms with van der Waals surface area (Å²) in [5.41, 5.74) is 0. The second-order valence-electron chi connectivity index (χ2n) is 7.19. The average molecular weight is 411 g/mol. The second-order valence-corrected chi connectivity index (χ2v) is 7.19. The molecule has 1 fully saturated rings. The lowest BCUT2D eigenvalue weighted by Crippen LogP contribution is -2.46. The summed E-state index contributed by atoms with van der Waals surface area (Å²) in [6.07, 6.45) is 2.35. The zero-order valence-corrected chi connectivity index (χ0v) is 17.5. The fraction of sp³-hybridized carbons (Fsp3) is 0.435. The molecule has 3 rings (SSSR count). The minimum absolute atomic E-state index is 0.0826. The summed E-state index contributed by atoms with van der Waals surface area (Å²) in [6.45, 7) is 4.78. The number of fused-ring (bicyclic) bond motifs is 1. The van der Waals surface area contributed by atoms with E-state index < -0.39 is 0 Å². The lowest BCUT2D eigenvalue weighted by molar-refractivity contribution is -0.147. The molecule has 7 nitrogen and oxygen atoms in total. The highest BCUT2D eigenvalue weighted by molar-refractivity contribution is 5.97. The first-order valence-corrected chi connectivity index (χ1v) is 10.6. The number of nitrogens with zero attached hydrogens (tertiary/aromatic N) is 2. The van der Waals surface area contributed by atoms with Gasteiger partial charge in [0.15, 0.2) is 5.96 Å². The van der Waals surface area contributed by atoms with Crippen LogP contribution in [-0.2, 0) is 9.59 Å². The molecule has 1 aliphatic rings. The van der Waals surface area contributed by atoms with Crippen molar-refractivity contribution in [2.75, 3.05) is 32.8 Å². The largest absolute Gasteiger partial charge is 0.494 e. The Kier molecular flexibility index (Phi) is 8.06. The molecule has 0 radical (unpaired) electrons. The molecule has 2 amide bonds. The number of carbonyl (C=O) groups excluding carboxylic acids is 2. The Labute approximate surface area is 177 Å². The van der Waals surface area contributed by atoms with Crippen LogP contribution in [0.25, 0.3) is 10.8 Å². The van der Waals surface area contributed by atoms with Crippen molar-refractivity contribution in [1.29, 1.82) is 0 Å². The normalized spacial score (nSPS) is 14.8. The third-order valence-corrected chi connectivity index (χ3v) is 4.92. The molecule has 0 bridgehead atoms. The van der Waals surface area contributed by atoms with E-state index in [0.717, 1.165) is 24.1 Å². The van der Waals surface area contributed by atoms with Crippen LogP contribution in [0, 0.1) is 0 Å². The Morgan fingerprint density at radius 3 is 2.60 bits per heavy atom. The van der Waals surface area contributed by atoms with Gasteiger partial charge in [0, 0.05) is 45.4 Å². The summed E-state index contributed by atoms with van der Waals surface area (Å²) >= 11 is 0. The highest BCUT2D eigenvalue weighted by atomic mass is 16.5. The van der Waals surface area contributed by atoms with Crippen LogP contribution in [0.5, 0.6) is 5.75 Å². The van der Waals surface area contributed by atoms with Gasteiger partial charge >= 0.3 is 0 Å². The number of imide groups is 1. The predicted molar refractivity (Wildman–Crippen MR) is 119 cm³/mol. The molecule has 7 heteroatoms. The van der Waals surface area contributed by atoms with Crippen molar-refractivity contribution in [1.82, 2.24) is 15.5 Å². The number of benzene rings is 2. The molecule has 1 heterocycles. The fourth-order valence-corrected chi connectivity index (χ4v) is 3.38. The fourth-order valence-electron chi connectivity index (χ4n) is 3.38. The van der Waals surface area contributed by atoms with E-state index in [4.69, 9.17) is 4.74 Å². The van der Waals surface area contributed by atoms with Crippen molar-refractivity contribution >= 4 is 28.5 Å². The molecule has 2 N–H and O–H groups in total. The van der Waals surface area contributed by atoms with Crippen molar-refractivity contribution in [2.24, 2.45) is 4.99 Å². The van der Waals surface area contributed by atoms with Gasteiger partial charge in [-0.1, -0.05) is 30.3 Å². The number of likely N-dealkylation sites (tertiary alicyclic amines) is 1. The minimum Gasteiger partial charge on any atom is -0.494 e. The first kappa shape index (κ1) is 21.6. The van der Waals surface area contributed by atoms with E-state index in [1.165, 1.54) is 10.3 Å². The summed E-state index contributed by atoms with van der Waals surface area (Å²) < 4.78 is 5.85. The zero-order chi connectivity index (χ0) is 21.2. The van der Waals surface area contributed by atoms with E-state index in [1.807, 2.05) is 31.2 Å². The van der Waals surface area contributed by atoms with Crippen LogP contribution in [0.4, 0.5) is 0 Å². The van der Waals surface area contributed by atoms with Gasteiger partial charge in [-0.15, -0.1) is 0 Å². The quantitative estimate of drug-likeness (QED) is 0.287. The molecule has 160 valence electrons. The van der Waals surface area contributed by atoms with Gasteiger partial charge in [-0.2, -0.15) is 0 Å². The van der Waals surface area contributed by atoms with E-state index in [0.29, 0.717) is 51.5 Å². The highest BCUT2D eigenvalue weighted by Crippen LogP contribution is 2.20. The third kappa shape index (κ3) is 6.20. The van der Waals surface area contributed by atoms with Crippen LogP contribution < -0.4 is 15.4 Å². The van der Waals surface area contributed by atoms with Gasteiger partial charge in [-0.05, 0) is 36.2 Å². The van der Waals surface area contributed by atoms with E-state index in [-0.39, 0.29) is 11.8 Å². The lowest BCUT2D eigenvalue weighted by Gasteiger charge is -2.25. The Morgan fingerprint density at radius 1 is 1.07 bits per heavy atom. The Balaban J connectivity index is 1.40. The molecule has 0 atom stereocenters. The first-order valence-electron chi connectivity index (χ1n) is 10.6. The topological polar surface area (TPSA) is 83.0 Å². The molecular formula is C23H30N4O3. The number of nitrogens with one attached hydrogen (secondary N) is 2. The molecule has 0 saturated carbocycles. The molecule has 1 aliphatic heterocycles. The van der Waals surface area contributed by atoms with Gasteiger partial charge < -0.3 is 15.4 Å². The van der Waals surface area contributed by atoms with E-state index in [2.05, 4.69) is 33.8 Å². The van der Waals surface area contributed by atoms with Gasteiger partial charge in [-0.25, -0.2) is 0 Å². The van der Waals surface area contributed by atoms with Gasteiger partial charge in [-0.3, -0.25) is 19.5 Å². The Bertz CT molecular complexity index is 881. The number of hydrogen-bond donors (Lipinski definition) is 2. The summed E-state index contributed by atoms with van der Waals surface area (Å²) in [7, 11) is 0. The Morgan fingerprint density at radius 2 is 1.83 bits per heavy atom. The molecular weight excluding hydrogens is 380 g/mol. The number of carbonyl (C=O) groups is 2. The maximum atomic E-state index is 11.9. The summed E-state index contributed by atoms with van der Waals surface area (Å²) in [5.74, 6) is 1.38. The number of amides is 2. The summed E-state index contributed by atoms with van der Waals surface area (Å²) in [6, 6.07) is 14.3. The Hall–Kier alpha value is -3.09. The smallest absolute Gasteiger partial charge is 0.229 e. The van der Waals surface area contributed by atoms with Crippen LogP contribution >= 0.6 is 0 Å². The van der Waals surface area contributed by atoms with Crippen molar-refractivity contribution in [3.05, 3.63) is 42.5 Å². The number of ether oxygens (including phenoxy) is 1. The SMILES string of the molecule is CCNC(=NCCCOc1ccc2ccccc2c1)NCCN1C(=O)CCCC1=O. The van der Waals surface area contributed by atoms with E-state index in [1.54, 1.807) is 0 Å². The standard InChI is InChI=1S/C23H30N4O3/c1-2-24-23(26-14-15-27-21(28)9-5-10-22(27)29)25-13-6-16-30-20-12-11-18-7-3-4-8-19(18)17-20/h3-4,7-8,11-12,17H,2,5-6,9-10,13-16H2,1H3,(H2,24,25,26). The molecule has 0 aliphatic carbocycles. The summed E-state index contributed by atoms with van der Waals surface area (Å²) in [4.78, 5) is 29.6. The van der Waals surface area contributed by atoms with Crippen LogP contribution in [0.2, 0.25) is 0 Å².